The molecule has 0 bridgehead atoms. The van der Waals surface area contributed by atoms with E-state index in [1.165, 1.54) is 11.2 Å². The van der Waals surface area contributed by atoms with Crippen LogP contribution in [0.15, 0.2) is 47.1 Å². The third kappa shape index (κ3) is 2.30. The van der Waals surface area contributed by atoms with Gasteiger partial charge >= 0.3 is 0 Å². The Kier molecular flexibility index (Phi) is 3.14. The molecule has 4 nitrogen and oxygen atoms in total. The molecule has 0 aliphatic heterocycles. The lowest BCUT2D eigenvalue weighted by atomic mass is 10.2. The fourth-order valence-corrected chi connectivity index (χ4v) is 1.50. The number of anilines is 1. The van der Waals surface area contributed by atoms with Crippen LogP contribution >= 0.6 is 0 Å². The highest BCUT2D eigenvalue weighted by Gasteiger charge is 2.15. The predicted octanol–water partition coefficient (Wildman–Crippen LogP) is 2.56. The zero-order valence-electron chi connectivity index (χ0n) is 9.71. The largest absolute Gasteiger partial charge is 0.497 e. The zero-order chi connectivity index (χ0) is 12.3. The van der Waals surface area contributed by atoms with Crippen molar-refractivity contribution in [2.24, 2.45) is 0 Å². The first-order valence-electron chi connectivity index (χ1n) is 5.18. The maximum absolute atomic E-state index is 12.0. The summed E-state index contributed by atoms with van der Waals surface area (Å²) in [6, 6.07) is 10.6. The summed E-state index contributed by atoms with van der Waals surface area (Å²) in [7, 11) is 3.28. The number of amides is 1. The van der Waals surface area contributed by atoms with E-state index in [0.29, 0.717) is 11.5 Å². The van der Waals surface area contributed by atoms with Crippen LogP contribution in [0.2, 0.25) is 0 Å². The fourth-order valence-electron chi connectivity index (χ4n) is 1.50. The van der Waals surface area contributed by atoms with E-state index in [2.05, 4.69) is 0 Å². The summed E-state index contributed by atoms with van der Waals surface area (Å²) in [5.41, 5.74) is 0.755. The molecule has 1 heterocycles. The molecule has 88 valence electrons. The van der Waals surface area contributed by atoms with E-state index in [1.807, 2.05) is 18.2 Å². The van der Waals surface area contributed by atoms with Crippen LogP contribution in [-0.4, -0.2) is 20.1 Å². The summed E-state index contributed by atoms with van der Waals surface area (Å²) in [6.07, 6.45) is 1.48. The first-order valence-corrected chi connectivity index (χ1v) is 5.18. The molecule has 1 aromatic heterocycles. The normalized spacial score (nSPS) is 10.0. The van der Waals surface area contributed by atoms with Gasteiger partial charge in [-0.15, -0.1) is 0 Å². The number of carbonyl (C=O) groups excluding carboxylic acids is 1. The Labute approximate surface area is 99.4 Å². The molecule has 0 aliphatic rings. The van der Waals surface area contributed by atoms with Gasteiger partial charge in [-0.25, -0.2) is 0 Å². The third-order valence-corrected chi connectivity index (χ3v) is 2.48. The summed E-state index contributed by atoms with van der Waals surface area (Å²) in [4.78, 5) is 13.5. The van der Waals surface area contributed by atoms with Crippen molar-refractivity contribution in [3.8, 4) is 5.75 Å². The van der Waals surface area contributed by atoms with Crippen molar-refractivity contribution in [1.82, 2.24) is 0 Å². The van der Waals surface area contributed by atoms with Gasteiger partial charge in [-0.2, -0.15) is 0 Å². The van der Waals surface area contributed by atoms with Gasteiger partial charge in [0.25, 0.3) is 5.91 Å². The van der Waals surface area contributed by atoms with Crippen molar-refractivity contribution in [2.75, 3.05) is 19.1 Å². The number of hydrogen-bond acceptors (Lipinski definition) is 3. The number of furan rings is 1. The summed E-state index contributed by atoms with van der Waals surface area (Å²) >= 11 is 0. The van der Waals surface area contributed by atoms with Crippen LogP contribution in [0.1, 0.15) is 10.6 Å². The van der Waals surface area contributed by atoms with E-state index in [9.17, 15) is 4.79 Å². The molecule has 0 saturated carbocycles. The van der Waals surface area contributed by atoms with E-state index in [4.69, 9.17) is 9.15 Å². The van der Waals surface area contributed by atoms with Crippen LogP contribution in [0.25, 0.3) is 0 Å². The van der Waals surface area contributed by atoms with E-state index in [1.54, 1.807) is 32.4 Å². The Morgan fingerprint density at radius 3 is 2.76 bits per heavy atom. The summed E-state index contributed by atoms with van der Waals surface area (Å²) < 4.78 is 10.2. The number of rotatable bonds is 3. The molecule has 1 amide bonds. The standard InChI is InChI=1S/C13H13NO3/c1-14(13(15)12-7-4-8-17-12)10-5-3-6-11(9-10)16-2/h3-9H,1-2H3. The Hall–Kier alpha value is -2.23. The lowest BCUT2D eigenvalue weighted by Crippen LogP contribution is -2.25. The maximum atomic E-state index is 12.0. The fraction of sp³-hybridized carbons (Fsp3) is 0.154. The highest BCUT2D eigenvalue weighted by molar-refractivity contribution is 6.03. The second kappa shape index (κ2) is 4.74. The van der Waals surface area contributed by atoms with Gasteiger partial charge in [-0.3, -0.25) is 4.79 Å². The molecule has 1 aromatic carbocycles. The van der Waals surface area contributed by atoms with Crippen LogP contribution < -0.4 is 9.64 Å². The predicted molar refractivity (Wildman–Crippen MR) is 64.4 cm³/mol. The maximum Gasteiger partial charge on any atom is 0.293 e. The molecule has 0 radical (unpaired) electrons. The molecular formula is C13H13NO3. The number of hydrogen-bond donors (Lipinski definition) is 0. The van der Waals surface area contributed by atoms with Crippen molar-refractivity contribution in [1.29, 1.82) is 0 Å². The van der Waals surface area contributed by atoms with Crippen molar-refractivity contribution < 1.29 is 13.9 Å². The number of nitrogens with zero attached hydrogens (tertiary/aromatic N) is 1. The smallest absolute Gasteiger partial charge is 0.293 e. The minimum absolute atomic E-state index is 0.191. The van der Waals surface area contributed by atoms with E-state index < -0.39 is 0 Å². The molecule has 0 fully saturated rings. The Bertz CT molecular complexity index is 505. The van der Waals surface area contributed by atoms with Crippen molar-refractivity contribution in [2.45, 2.75) is 0 Å². The molecule has 0 N–H and O–H groups in total. The minimum Gasteiger partial charge on any atom is -0.497 e. The highest BCUT2D eigenvalue weighted by atomic mass is 16.5. The number of carbonyl (C=O) groups is 1. The van der Waals surface area contributed by atoms with Crippen LogP contribution in [0.4, 0.5) is 5.69 Å². The minimum atomic E-state index is -0.191. The number of methoxy groups -OCH3 is 1. The lowest BCUT2D eigenvalue weighted by Gasteiger charge is -2.16. The molecule has 2 rings (SSSR count). The topological polar surface area (TPSA) is 42.7 Å². The van der Waals surface area contributed by atoms with Gasteiger partial charge < -0.3 is 14.1 Å². The van der Waals surface area contributed by atoms with Gasteiger partial charge in [0.15, 0.2) is 5.76 Å². The number of benzene rings is 1. The van der Waals surface area contributed by atoms with Gasteiger partial charge in [-0.1, -0.05) is 6.07 Å². The Morgan fingerprint density at radius 2 is 2.12 bits per heavy atom. The second-order valence-electron chi connectivity index (χ2n) is 3.54. The van der Waals surface area contributed by atoms with Crippen molar-refractivity contribution in [3.05, 3.63) is 48.4 Å². The molecule has 2 aromatic rings. The summed E-state index contributed by atoms with van der Waals surface area (Å²) in [5.74, 6) is 0.833. The molecule has 0 aliphatic carbocycles. The lowest BCUT2D eigenvalue weighted by molar-refractivity contribution is 0.0966. The van der Waals surface area contributed by atoms with Crippen LogP contribution in [0.5, 0.6) is 5.75 Å². The summed E-state index contributed by atoms with van der Waals surface area (Å²) in [5, 5.41) is 0. The van der Waals surface area contributed by atoms with E-state index in [0.717, 1.165) is 5.69 Å². The first kappa shape index (κ1) is 11.3. The quantitative estimate of drug-likeness (QED) is 0.815. The molecule has 4 heteroatoms. The van der Waals surface area contributed by atoms with Gasteiger partial charge in [-0.05, 0) is 24.3 Å². The third-order valence-electron chi connectivity index (χ3n) is 2.48. The average molecular weight is 231 g/mol. The molecular weight excluding hydrogens is 218 g/mol. The summed E-state index contributed by atoms with van der Waals surface area (Å²) in [6.45, 7) is 0. The monoisotopic (exact) mass is 231 g/mol. The number of ether oxygens (including phenoxy) is 1. The van der Waals surface area contributed by atoms with Gasteiger partial charge in [0.1, 0.15) is 5.75 Å². The molecule has 0 atom stereocenters. The molecule has 0 unspecified atom stereocenters. The van der Waals surface area contributed by atoms with E-state index in [-0.39, 0.29) is 5.91 Å². The molecule has 0 saturated heterocycles. The van der Waals surface area contributed by atoms with Crippen LogP contribution in [-0.2, 0) is 0 Å². The molecule has 17 heavy (non-hydrogen) atoms. The van der Waals surface area contributed by atoms with E-state index >= 15 is 0 Å². The van der Waals surface area contributed by atoms with Crippen molar-refractivity contribution >= 4 is 11.6 Å². The SMILES string of the molecule is COc1cccc(N(C)C(=O)c2ccco2)c1. The van der Waals surface area contributed by atoms with Crippen molar-refractivity contribution in [3.63, 3.8) is 0 Å². The van der Waals surface area contributed by atoms with Gasteiger partial charge in [0.2, 0.25) is 0 Å². The van der Waals surface area contributed by atoms with Crippen LogP contribution in [0.3, 0.4) is 0 Å². The zero-order valence-corrected chi connectivity index (χ0v) is 9.71. The van der Waals surface area contributed by atoms with Gasteiger partial charge in [0, 0.05) is 18.8 Å². The second-order valence-corrected chi connectivity index (χ2v) is 3.54. The Balaban J connectivity index is 2.24. The van der Waals surface area contributed by atoms with Crippen LogP contribution in [0, 0.1) is 0 Å². The average Bonchev–Trinajstić information content (AvgIpc) is 2.91. The highest BCUT2D eigenvalue weighted by Crippen LogP contribution is 2.21. The molecule has 0 spiro atoms. The van der Waals surface area contributed by atoms with Gasteiger partial charge in [0.05, 0.1) is 13.4 Å². The Morgan fingerprint density at radius 1 is 1.29 bits per heavy atom. The first-order chi connectivity index (χ1) is 8.22.